The second-order valence-electron chi connectivity index (χ2n) is 5.71. The molecule has 6 heteroatoms. The van der Waals surface area contributed by atoms with E-state index < -0.39 is 11.9 Å². The highest BCUT2D eigenvalue weighted by molar-refractivity contribution is 5.70. The zero-order valence-corrected chi connectivity index (χ0v) is 11.6. The van der Waals surface area contributed by atoms with Gasteiger partial charge >= 0.3 is 11.9 Å². The molecule has 2 aliphatic carbocycles. The number of rotatable bonds is 2. The van der Waals surface area contributed by atoms with E-state index in [2.05, 4.69) is 0 Å². The summed E-state index contributed by atoms with van der Waals surface area (Å²) in [5.41, 5.74) is 0. The van der Waals surface area contributed by atoms with Gasteiger partial charge in [-0.15, -0.1) is 0 Å². The predicted molar refractivity (Wildman–Crippen MR) is 71.2 cm³/mol. The number of carboxylic acids is 2. The Labute approximate surface area is 118 Å². The normalized spacial score (nSPS) is 33.7. The molecule has 0 bridgehead atoms. The summed E-state index contributed by atoms with van der Waals surface area (Å²) < 4.78 is 0. The molecule has 0 unspecified atom stereocenters. The fraction of sp³-hybridized carbons (Fsp3) is 0.857. The molecule has 6 nitrogen and oxygen atoms in total. The third-order valence-electron chi connectivity index (χ3n) is 3.99. The van der Waals surface area contributed by atoms with Crippen LogP contribution in [0.2, 0.25) is 0 Å². The molecule has 0 aromatic heterocycles. The largest absolute Gasteiger partial charge is 0.481 e. The number of carbonyl (C=O) groups is 2. The molecule has 2 rings (SSSR count). The van der Waals surface area contributed by atoms with E-state index in [0.29, 0.717) is 12.8 Å². The van der Waals surface area contributed by atoms with Crippen molar-refractivity contribution < 1.29 is 30.0 Å². The van der Waals surface area contributed by atoms with Crippen LogP contribution >= 0.6 is 0 Å². The molecule has 0 radical (unpaired) electrons. The summed E-state index contributed by atoms with van der Waals surface area (Å²) in [4.78, 5) is 20.8. The average molecular weight is 288 g/mol. The highest BCUT2D eigenvalue weighted by atomic mass is 16.4. The lowest BCUT2D eigenvalue weighted by atomic mass is 9.87. The maximum absolute atomic E-state index is 10.4. The summed E-state index contributed by atoms with van der Waals surface area (Å²) in [6.07, 6.45) is 4.80. The summed E-state index contributed by atoms with van der Waals surface area (Å²) in [7, 11) is 0. The summed E-state index contributed by atoms with van der Waals surface area (Å²) in [6, 6.07) is 0. The van der Waals surface area contributed by atoms with Crippen molar-refractivity contribution in [3.63, 3.8) is 0 Å². The number of carboxylic acid groups (broad SMARTS) is 2. The van der Waals surface area contributed by atoms with Crippen LogP contribution in [0.5, 0.6) is 0 Å². The van der Waals surface area contributed by atoms with Crippen LogP contribution in [0.25, 0.3) is 0 Å². The van der Waals surface area contributed by atoms with Gasteiger partial charge in [0.1, 0.15) is 0 Å². The zero-order valence-electron chi connectivity index (χ0n) is 11.6. The van der Waals surface area contributed by atoms with Crippen LogP contribution in [-0.4, -0.2) is 44.6 Å². The Bertz CT molecular complexity index is 298. The van der Waals surface area contributed by atoms with E-state index in [1.807, 2.05) is 0 Å². The van der Waals surface area contributed by atoms with E-state index in [-0.39, 0.29) is 24.0 Å². The van der Waals surface area contributed by atoms with Gasteiger partial charge in [0, 0.05) is 0 Å². The van der Waals surface area contributed by atoms with Crippen LogP contribution in [0.4, 0.5) is 0 Å². The minimum Gasteiger partial charge on any atom is -0.481 e. The first-order chi connectivity index (χ1) is 9.40. The smallest absolute Gasteiger partial charge is 0.306 e. The Hall–Kier alpha value is -1.14. The summed E-state index contributed by atoms with van der Waals surface area (Å²) in [5.74, 6) is -2.13. The molecule has 0 aromatic carbocycles. The molecule has 2 fully saturated rings. The van der Waals surface area contributed by atoms with Crippen molar-refractivity contribution in [1.82, 2.24) is 0 Å². The second kappa shape index (κ2) is 8.21. The van der Waals surface area contributed by atoms with Crippen molar-refractivity contribution >= 4 is 11.9 Å². The highest BCUT2D eigenvalue weighted by Crippen LogP contribution is 2.24. The lowest BCUT2D eigenvalue weighted by Crippen LogP contribution is -2.25. The molecule has 2 aliphatic rings. The highest BCUT2D eigenvalue weighted by Gasteiger charge is 2.25. The van der Waals surface area contributed by atoms with Gasteiger partial charge in [-0.25, -0.2) is 0 Å². The quantitative estimate of drug-likeness (QED) is 0.608. The Morgan fingerprint density at radius 1 is 0.700 bits per heavy atom. The Morgan fingerprint density at radius 3 is 1.25 bits per heavy atom. The zero-order chi connectivity index (χ0) is 15.1. The number of aliphatic hydroxyl groups excluding tert-OH is 2. The summed E-state index contributed by atoms with van der Waals surface area (Å²) in [6.45, 7) is 0. The van der Waals surface area contributed by atoms with Crippen LogP contribution in [0.1, 0.15) is 51.4 Å². The minimum absolute atomic E-state index is 0.302. The van der Waals surface area contributed by atoms with Crippen LogP contribution in [-0.2, 0) is 9.59 Å². The van der Waals surface area contributed by atoms with Crippen LogP contribution in [0, 0.1) is 11.8 Å². The summed E-state index contributed by atoms with van der Waals surface area (Å²) >= 11 is 0. The van der Waals surface area contributed by atoms with Gasteiger partial charge in [-0.2, -0.15) is 0 Å². The molecular weight excluding hydrogens is 264 g/mol. The average Bonchev–Trinajstić information content (AvgIpc) is 2.39. The fourth-order valence-electron chi connectivity index (χ4n) is 2.78. The van der Waals surface area contributed by atoms with E-state index in [4.69, 9.17) is 20.4 Å². The molecule has 0 amide bonds. The minimum atomic E-state index is -0.765. The van der Waals surface area contributed by atoms with Gasteiger partial charge in [0.2, 0.25) is 0 Å². The van der Waals surface area contributed by atoms with Gasteiger partial charge in [0.05, 0.1) is 24.0 Å². The molecule has 4 atom stereocenters. The molecule has 0 saturated heterocycles. The Balaban J connectivity index is 0.000000200. The second-order valence-corrected chi connectivity index (χ2v) is 5.71. The number of hydrogen-bond acceptors (Lipinski definition) is 4. The molecule has 0 heterocycles. The molecule has 4 N–H and O–H groups in total. The first-order valence-corrected chi connectivity index (χ1v) is 7.22. The standard InChI is InChI=1S/2C7H12O3/c2*8-6-3-1-2-5(4-6)7(9)10/h2*5-6,8H,1-4H2,(H,9,10)/t2*5-,6+/m00/s1. The van der Waals surface area contributed by atoms with Gasteiger partial charge in [-0.1, -0.05) is 12.8 Å². The van der Waals surface area contributed by atoms with Crippen molar-refractivity contribution in [2.45, 2.75) is 63.6 Å². The van der Waals surface area contributed by atoms with E-state index in [1.165, 1.54) is 0 Å². The topological polar surface area (TPSA) is 115 Å². The first kappa shape index (κ1) is 16.9. The Kier molecular flexibility index (Phi) is 6.95. The molecule has 2 saturated carbocycles. The van der Waals surface area contributed by atoms with E-state index >= 15 is 0 Å². The van der Waals surface area contributed by atoms with Crippen molar-refractivity contribution in [3.8, 4) is 0 Å². The molecule has 0 aliphatic heterocycles. The van der Waals surface area contributed by atoms with Gasteiger partial charge in [0.25, 0.3) is 0 Å². The summed E-state index contributed by atoms with van der Waals surface area (Å²) in [5, 5.41) is 35.2. The number of hydrogen-bond donors (Lipinski definition) is 4. The van der Waals surface area contributed by atoms with E-state index in [1.54, 1.807) is 0 Å². The molecule has 20 heavy (non-hydrogen) atoms. The van der Waals surface area contributed by atoms with Gasteiger partial charge in [-0.05, 0) is 38.5 Å². The van der Waals surface area contributed by atoms with Crippen LogP contribution < -0.4 is 0 Å². The monoisotopic (exact) mass is 288 g/mol. The predicted octanol–water partition coefficient (Wildman–Crippen LogP) is 1.24. The number of aliphatic carboxylic acids is 2. The SMILES string of the molecule is O=C(O)[C@H]1CCC[C@@H](O)C1.O=C(O)[C@H]1CCC[C@@H](O)C1. The van der Waals surface area contributed by atoms with Gasteiger partial charge in [0.15, 0.2) is 0 Å². The van der Waals surface area contributed by atoms with E-state index in [9.17, 15) is 9.59 Å². The Morgan fingerprint density at radius 2 is 1.05 bits per heavy atom. The molecule has 116 valence electrons. The van der Waals surface area contributed by atoms with Gasteiger partial charge in [-0.3, -0.25) is 9.59 Å². The van der Waals surface area contributed by atoms with Crippen molar-refractivity contribution in [3.05, 3.63) is 0 Å². The van der Waals surface area contributed by atoms with Gasteiger partial charge < -0.3 is 20.4 Å². The third-order valence-corrected chi connectivity index (χ3v) is 3.99. The van der Waals surface area contributed by atoms with Crippen molar-refractivity contribution in [1.29, 1.82) is 0 Å². The lowest BCUT2D eigenvalue weighted by molar-refractivity contribution is -0.145. The van der Waals surface area contributed by atoms with Crippen molar-refractivity contribution in [2.24, 2.45) is 11.8 Å². The maximum atomic E-state index is 10.4. The first-order valence-electron chi connectivity index (χ1n) is 7.22. The molecule has 0 aromatic rings. The third kappa shape index (κ3) is 5.88. The van der Waals surface area contributed by atoms with E-state index in [0.717, 1.165) is 38.5 Å². The maximum Gasteiger partial charge on any atom is 0.306 e. The lowest BCUT2D eigenvalue weighted by Gasteiger charge is -2.21. The van der Waals surface area contributed by atoms with Crippen LogP contribution in [0.15, 0.2) is 0 Å². The van der Waals surface area contributed by atoms with Crippen LogP contribution in [0.3, 0.4) is 0 Å². The number of aliphatic hydroxyl groups is 2. The fourth-order valence-corrected chi connectivity index (χ4v) is 2.78. The van der Waals surface area contributed by atoms with Crippen molar-refractivity contribution in [2.75, 3.05) is 0 Å². The molecular formula is C14H24O6. The molecule has 0 spiro atoms.